The highest BCUT2D eigenvalue weighted by Gasteiger charge is 2.32. The SMILES string of the molecule is Nc1ccc(C(=O)NC2c3ccccc3-c3c(-c4nc5ccncc5[nH]4)cccc32)cc1. The summed E-state index contributed by atoms with van der Waals surface area (Å²) in [6.07, 6.45) is 3.51. The van der Waals surface area contributed by atoms with Crippen molar-refractivity contribution >= 4 is 22.6 Å². The molecule has 6 rings (SSSR count). The van der Waals surface area contributed by atoms with Gasteiger partial charge in [-0.2, -0.15) is 0 Å². The molecule has 3 aromatic carbocycles. The van der Waals surface area contributed by atoms with E-state index in [4.69, 9.17) is 10.7 Å². The highest BCUT2D eigenvalue weighted by atomic mass is 16.1. The predicted molar refractivity (Wildman–Crippen MR) is 125 cm³/mol. The van der Waals surface area contributed by atoms with Gasteiger partial charge in [-0.15, -0.1) is 0 Å². The highest BCUT2D eigenvalue weighted by molar-refractivity contribution is 5.97. The number of fused-ring (bicyclic) bond motifs is 4. The minimum atomic E-state index is -0.253. The summed E-state index contributed by atoms with van der Waals surface area (Å²) < 4.78 is 0. The zero-order chi connectivity index (χ0) is 21.7. The molecule has 0 saturated heterocycles. The Kier molecular flexibility index (Phi) is 4.04. The number of anilines is 1. The van der Waals surface area contributed by atoms with Crippen LogP contribution in [-0.4, -0.2) is 20.9 Å². The molecule has 1 atom stereocenters. The summed E-state index contributed by atoms with van der Waals surface area (Å²) in [5.74, 6) is 0.642. The molecule has 0 saturated carbocycles. The number of amides is 1. The number of H-pyrrole nitrogens is 1. The predicted octanol–water partition coefficient (Wildman–Crippen LogP) is 4.71. The molecule has 1 aliphatic rings. The van der Waals surface area contributed by atoms with Crippen LogP contribution in [0, 0.1) is 0 Å². The molecule has 6 nitrogen and oxygen atoms in total. The molecule has 0 aliphatic heterocycles. The average molecular weight is 417 g/mol. The highest BCUT2D eigenvalue weighted by Crippen LogP contribution is 2.47. The molecule has 6 heteroatoms. The minimum absolute atomic E-state index is 0.141. The molecule has 1 unspecified atom stereocenters. The molecule has 2 heterocycles. The van der Waals surface area contributed by atoms with E-state index in [1.807, 2.05) is 24.3 Å². The summed E-state index contributed by atoms with van der Waals surface area (Å²) in [4.78, 5) is 25.4. The van der Waals surface area contributed by atoms with Crippen molar-refractivity contribution in [2.45, 2.75) is 6.04 Å². The first-order chi connectivity index (χ1) is 15.7. The number of hydrogen-bond donors (Lipinski definition) is 3. The number of rotatable bonds is 3. The van der Waals surface area contributed by atoms with Gasteiger partial charge in [0.1, 0.15) is 5.82 Å². The number of nitrogens with one attached hydrogen (secondary N) is 2. The van der Waals surface area contributed by atoms with E-state index in [2.05, 4.69) is 39.6 Å². The zero-order valence-electron chi connectivity index (χ0n) is 17.0. The van der Waals surface area contributed by atoms with Gasteiger partial charge < -0.3 is 16.0 Å². The van der Waals surface area contributed by atoms with E-state index in [9.17, 15) is 4.79 Å². The summed E-state index contributed by atoms with van der Waals surface area (Å²) >= 11 is 0. The first-order valence-corrected chi connectivity index (χ1v) is 10.4. The Bertz CT molecular complexity index is 1450. The van der Waals surface area contributed by atoms with Crippen LogP contribution in [0.5, 0.6) is 0 Å². The van der Waals surface area contributed by atoms with Crippen LogP contribution >= 0.6 is 0 Å². The number of hydrogen-bond acceptors (Lipinski definition) is 4. The standard InChI is InChI=1S/C26H19N5O/c27-16-10-8-15(9-11-16)26(32)31-24-18-5-2-1-4-17(18)23-19(24)6-3-7-20(23)25-29-21-12-13-28-14-22(21)30-25/h1-14,24H,27H2,(H,29,30)(H,31,32). The van der Waals surface area contributed by atoms with Gasteiger partial charge >= 0.3 is 0 Å². The van der Waals surface area contributed by atoms with Crippen molar-refractivity contribution < 1.29 is 4.79 Å². The molecule has 0 spiro atoms. The lowest BCUT2D eigenvalue weighted by Gasteiger charge is -2.16. The molecule has 0 radical (unpaired) electrons. The Morgan fingerprint density at radius 2 is 1.69 bits per heavy atom. The van der Waals surface area contributed by atoms with Crippen LogP contribution in [0.15, 0.2) is 85.2 Å². The molecule has 1 amide bonds. The van der Waals surface area contributed by atoms with Gasteiger partial charge in [0.25, 0.3) is 5.91 Å². The van der Waals surface area contributed by atoms with Crippen LogP contribution < -0.4 is 11.1 Å². The number of nitrogen functional groups attached to an aromatic ring is 1. The Hall–Kier alpha value is -4.45. The summed E-state index contributed by atoms with van der Waals surface area (Å²) in [6, 6.07) is 22.9. The van der Waals surface area contributed by atoms with Gasteiger partial charge in [0.2, 0.25) is 0 Å². The fraction of sp³-hybridized carbons (Fsp3) is 0.0385. The Labute approximate surface area is 184 Å². The van der Waals surface area contributed by atoms with Crippen molar-refractivity contribution in [2.75, 3.05) is 5.73 Å². The first kappa shape index (κ1) is 18.3. The van der Waals surface area contributed by atoms with Crippen molar-refractivity contribution in [3.63, 3.8) is 0 Å². The van der Waals surface area contributed by atoms with Crippen LogP contribution in [-0.2, 0) is 0 Å². The van der Waals surface area contributed by atoms with Crippen molar-refractivity contribution in [1.82, 2.24) is 20.3 Å². The molecule has 1 aliphatic carbocycles. The van der Waals surface area contributed by atoms with Crippen LogP contribution in [0.1, 0.15) is 27.5 Å². The number of nitrogens with two attached hydrogens (primary N) is 1. The fourth-order valence-electron chi connectivity index (χ4n) is 4.44. The first-order valence-electron chi connectivity index (χ1n) is 10.4. The number of carbonyl (C=O) groups is 1. The fourth-order valence-corrected chi connectivity index (χ4v) is 4.44. The van der Waals surface area contributed by atoms with E-state index >= 15 is 0 Å². The van der Waals surface area contributed by atoms with E-state index in [-0.39, 0.29) is 11.9 Å². The van der Waals surface area contributed by atoms with E-state index < -0.39 is 0 Å². The molecule has 0 fully saturated rings. The largest absolute Gasteiger partial charge is 0.399 e. The van der Waals surface area contributed by atoms with Crippen molar-refractivity contribution in [3.8, 4) is 22.5 Å². The number of benzene rings is 3. The third-order valence-corrected chi connectivity index (χ3v) is 5.94. The average Bonchev–Trinajstić information content (AvgIpc) is 3.39. The minimum Gasteiger partial charge on any atom is -0.399 e. The summed E-state index contributed by atoms with van der Waals surface area (Å²) in [5, 5.41) is 3.21. The second-order valence-corrected chi connectivity index (χ2v) is 7.86. The third-order valence-electron chi connectivity index (χ3n) is 5.94. The van der Waals surface area contributed by atoms with Gasteiger partial charge in [0.15, 0.2) is 0 Å². The smallest absolute Gasteiger partial charge is 0.252 e. The van der Waals surface area contributed by atoms with E-state index in [1.165, 1.54) is 0 Å². The summed E-state index contributed by atoms with van der Waals surface area (Å²) in [5.41, 5.74) is 14.0. The van der Waals surface area contributed by atoms with E-state index in [0.717, 1.165) is 44.7 Å². The van der Waals surface area contributed by atoms with Gasteiger partial charge in [-0.1, -0.05) is 42.5 Å². The van der Waals surface area contributed by atoms with E-state index in [0.29, 0.717) is 11.3 Å². The maximum absolute atomic E-state index is 13.0. The number of imidazole rings is 1. The molecule has 154 valence electrons. The maximum Gasteiger partial charge on any atom is 0.252 e. The molecule has 5 aromatic rings. The Morgan fingerprint density at radius 1 is 0.906 bits per heavy atom. The Balaban J connectivity index is 1.47. The van der Waals surface area contributed by atoms with Gasteiger partial charge in [-0.05, 0) is 52.6 Å². The monoisotopic (exact) mass is 417 g/mol. The van der Waals surface area contributed by atoms with Gasteiger partial charge in [-0.25, -0.2) is 4.98 Å². The number of aromatic amines is 1. The second kappa shape index (κ2) is 7.06. The summed E-state index contributed by atoms with van der Waals surface area (Å²) in [6.45, 7) is 0. The van der Waals surface area contributed by atoms with Crippen molar-refractivity contribution in [1.29, 1.82) is 0 Å². The third kappa shape index (κ3) is 2.85. The van der Waals surface area contributed by atoms with Gasteiger partial charge in [-0.3, -0.25) is 9.78 Å². The molecular formula is C26H19N5O. The second-order valence-electron chi connectivity index (χ2n) is 7.86. The Morgan fingerprint density at radius 3 is 2.53 bits per heavy atom. The molecule has 2 aromatic heterocycles. The van der Waals surface area contributed by atoms with Crippen molar-refractivity contribution in [3.05, 3.63) is 102 Å². The lowest BCUT2D eigenvalue weighted by atomic mass is 9.98. The van der Waals surface area contributed by atoms with Crippen LogP contribution in [0.4, 0.5) is 5.69 Å². The number of aromatic nitrogens is 3. The van der Waals surface area contributed by atoms with Crippen LogP contribution in [0.2, 0.25) is 0 Å². The summed E-state index contributed by atoms with van der Waals surface area (Å²) in [7, 11) is 0. The number of pyridine rings is 1. The zero-order valence-corrected chi connectivity index (χ0v) is 17.0. The van der Waals surface area contributed by atoms with Crippen LogP contribution in [0.25, 0.3) is 33.5 Å². The topological polar surface area (TPSA) is 96.7 Å². The maximum atomic E-state index is 13.0. The van der Waals surface area contributed by atoms with E-state index in [1.54, 1.807) is 36.7 Å². The van der Waals surface area contributed by atoms with Crippen LogP contribution in [0.3, 0.4) is 0 Å². The number of nitrogens with zero attached hydrogens (tertiary/aromatic N) is 2. The molecular weight excluding hydrogens is 398 g/mol. The number of carbonyl (C=O) groups excluding carboxylic acids is 1. The lowest BCUT2D eigenvalue weighted by Crippen LogP contribution is -2.28. The normalized spacial score (nSPS) is 14.2. The molecule has 4 N–H and O–H groups in total. The lowest BCUT2D eigenvalue weighted by molar-refractivity contribution is 0.0943. The van der Waals surface area contributed by atoms with Gasteiger partial charge in [0, 0.05) is 23.0 Å². The van der Waals surface area contributed by atoms with Gasteiger partial charge in [0.05, 0.1) is 23.3 Å². The van der Waals surface area contributed by atoms with Crippen molar-refractivity contribution in [2.24, 2.45) is 0 Å². The quantitative estimate of drug-likeness (QED) is 0.371. The molecule has 0 bridgehead atoms. The molecule has 32 heavy (non-hydrogen) atoms.